The molecule has 0 saturated carbocycles. The highest BCUT2D eigenvalue weighted by Crippen LogP contribution is 1.99. The van der Waals surface area contributed by atoms with Gasteiger partial charge in [-0.3, -0.25) is 9.59 Å². The van der Waals surface area contributed by atoms with Crippen LogP contribution in [0.3, 0.4) is 0 Å². The number of rotatable bonds is 5. The molecule has 57 valence electrons. The highest BCUT2D eigenvalue weighted by molar-refractivity contribution is 5.65. The molecule has 5 nitrogen and oxygen atoms in total. The van der Waals surface area contributed by atoms with Gasteiger partial charge in [0.15, 0.2) is 0 Å². The van der Waals surface area contributed by atoms with Crippen molar-refractivity contribution < 1.29 is 19.1 Å². The summed E-state index contributed by atoms with van der Waals surface area (Å²) in [5.41, 5.74) is 0. The molecule has 1 N–H and O–H groups in total. The van der Waals surface area contributed by atoms with Crippen LogP contribution in [-0.4, -0.2) is 32.8 Å². The van der Waals surface area contributed by atoms with Crippen molar-refractivity contribution in [2.75, 3.05) is 14.2 Å². The number of methoxy groups -OCH3 is 2. The van der Waals surface area contributed by atoms with Crippen LogP contribution in [0.4, 0.5) is 0 Å². The zero-order valence-corrected chi connectivity index (χ0v) is 5.71. The minimum atomic E-state index is -1.75. The van der Waals surface area contributed by atoms with Crippen LogP contribution >= 0.6 is 0 Å². The Hall–Kier alpha value is -0.940. The van der Waals surface area contributed by atoms with Crippen molar-refractivity contribution in [3.63, 3.8) is 0 Å². The fraction of sp³-hybridized carbons (Fsp3) is 0.600. The molecule has 0 aliphatic carbocycles. The Morgan fingerprint density at radius 2 is 2.00 bits per heavy atom. The van der Waals surface area contributed by atoms with Gasteiger partial charge in [-0.1, -0.05) is 0 Å². The van der Waals surface area contributed by atoms with E-state index in [1.165, 1.54) is 20.5 Å². The molecule has 0 atom stereocenters. The molecule has 0 aromatic rings. The maximum absolute atomic E-state index is 10.1. The van der Waals surface area contributed by atoms with Gasteiger partial charge in [0.2, 0.25) is 6.41 Å². The van der Waals surface area contributed by atoms with Gasteiger partial charge in [0.1, 0.15) is 0 Å². The molecule has 10 heavy (non-hydrogen) atoms. The van der Waals surface area contributed by atoms with Crippen LogP contribution < -0.4 is 5.32 Å². The molecule has 0 saturated heterocycles. The van der Waals surface area contributed by atoms with E-state index in [9.17, 15) is 9.59 Å². The van der Waals surface area contributed by atoms with E-state index in [0.717, 1.165) is 0 Å². The summed E-state index contributed by atoms with van der Waals surface area (Å²) in [7, 11) is 2.43. The number of carbonyl (C=O) groups excluding carboxylic acids is 2. The van der Waals surface area contributed by atoms with E-state index in [4.69, 9.17) is 0 Å². The van der Waals surface area contributed by atoms with Gasteiger partial charge in [-0.25, -0.2) is 0 Å². The Morgan fingerprint density at radius 1 is 1.50 bits per heavy atom. The number of hydrogen-bond donors (Lipinski definition) is 1. The SMILES string of the molecule is COC([C]=O)(NC=O)OC. The standard InChI is InChI=1S/C5H8NO4/c1-9-5(3-7,10-2)6-4-8/h4H,1-2H3,(H,6,8). The first kappa shape index (κ1) is 9.06. The number of carbonyl (C=O) groups is 1. The predicted molar refractivity (Wildman–Crippen MR) is 31.6 cm³/mol. The van der Waals surface area contributed by atoms with Gasteiger partial charge in [0, 0.05) is 14.2 Å². The van der Waals surface area contributed by atoms with Crippen molar-refractivity contribution in [1.82, 2.24) is 5.32 Å². The molecular weight excluding hydrogens is 138 g/mol. The highest BCUT2D eigenvalue weighted by atomic mass is 16.7. The molecule has 0 unspecified atom stereocenters. The summed E-state index contributed by atoms with van der Waals surface area (Å²) in [4.78, 5) is 19.9. The Bertz CT molecular complexity index is 121. The molecule has 0 aromatic heterocycles. The number of ether oxygens (including phenoxy) is 2. The third-order valence-electron chi connectivity index (χ3n) is 0.958. The molecule has 1 radical (unpaired) electrons. The van der Waals surface area contributed by atoms with E-state index in [0.29, 0.717) is 0 Å². The normalized spacial score (nSPS) is 10.6. The maximum Gasteiger partial charge on any atom is 0.322 e. The van der Waals surface area contributed by atoms with Crippen molar-refractivity contribution >= 4 is 12.7 Å². The monoisotopic (exact) mass is 146 g/mol. The molecule has 1 amide bonds. The number of amides is 1. The average Bonchev–Trinajstić information content (AvgIpc) is 2.01. The molecule has 0 heterocycles. The van der Waals surface area contributed by atoms with Crippen LogP contribution in [0.15, 0.2) is 0 Å². The van der Waals surface area contributed by atoms with Crippen molar-refractivity contribution in [2.24, 2.45) is 0 Å². The third kappa shape index (κ3) is 1.78. The first-order chi connectivity index (χ1) is 4.74. The molecule has 0 spiro atoms. The largest absolute Gasteiger partial charge is 0.330 e. The molecule has 0 bridgehead atoms. The maximum atomic E-state index is 10.1. The zero-order chi connectivity index (χ0) is 8.04. The Morgan fingerprint density at radius 3 is 2.10 bits per heavy atom. The number of nitrogens with one attached hydrogen (secondary N) is 1. The van der Waals surface area contributed by atoms with E-state index in [2.05, 4.69) is 9.47 Å². The smallest absolute Gasteiger partial charge is 0.322 e. The topological polar surface area (TPSA) is 64.6 Å². The van der Waals surface area contributed by atoms with Crippen LogP contribution in [0.25, 0.3) is 0 Å². The minimum Gasteiger partial charge on any atom is -0.330 e. The second-order valence-corrected chi connectivity index (χ2v) is 1.39. The summed E-state index contributed by atoms with van der Waals surface area (Å²) in [5.74, 6) is -1.75. The van der Waals surface area contributed by atoms with E-state index in [-0.39, 0.29) is 6.41 Å². The lowest BCUT2D eigenvalue weighted by Gasteiger charge is -2.21. The van der Waals surface area contributed by atoms with Gasteiger partial charge < -0.3 is 14.8 Å². The van der Waals surface area contributed by atoms with Gasteiger partial charge in [0.05, 0.1) is 0 Å². The second kappa shape index (κ2) is 3.97. The highest BCUT2D eigenvalue weighted by Gasteiger charge is 2.29. The summed E-state index contributed by atoms with van der Waals surface area (Å²) in [6.45, 7) is 0. The van der Waals surface area contributed by atoms with Gasteiger partial charge >= 0.3 is 5.91 Å². The van der Waals surface area contributed by atoms with E-state index in [1.54, 1.807) is 0 Å². The summed E-state index contributed by atoms with van der Waals surface area (Å²) in [6.07, 6.45) is 1.67. The van der Waals surface area contributed by atoms with Crippen LogP contribution in [0.2, 0.25) is 0 Å². The van der Waals surface area contributed by atoms with Gasteiger partial charge in [-0.15, -0.1) is 0 Å². The Balaban J connectivity index is 4.13. The van der Waals surface area contributed by atoms with Crippen molar-refractivity contribution in [3.05, 3.63) is 0 Å². The van der Waals surface area contributed by atoms with Crippen LogP contribution in [0.5, 0.6) is 0 Å². The third-order valence-corrected chi connectivity index (χ3v) is 0.958. The average molecular weight is 146 g/mol. The molecule has 0 aliphatic heterocycles. The first-order valence-corrected chi connectivity index (χ1v) is 2.45. The fourth-order valence-electron chi connectivity index (χ4n) is 0.392. The lowest BCUT2D eigenvalue weighted by atomic mass is 10.5. The molecule has 0 rings (SSSR count). The Labute approximate surface area is 58.3 Å². The summed E-state index contributed by atoms with van der Waals surface area (Å²) in [5, 5.41) is 2.00. The van der Waals surface area contributed by atoms with Crippen LogP contribution in [0.1, 0.15) is 0 Å². The quantitative estimate of drug-likeness (QED) is 0.390. The van der Waals surface area contributed by atoms with Gasteiger partial charge in [0.25, 0.3) is 6.29 Å². The molecule has 0 aromatic carbocycles. The van der Waals surface area contributed by atoms with Crippen molar-refractivity contribution in [1.29, 1.82) is 0 Å². The minimum absolute atomic E-state index is 0.290. The van der Waals surface area contributed by atoms with Gasteiger partial charge in [-0.05, 0) is 0 Å². The fourth-order valence-corrected chi connectivity index (χ4v) is 0.392. The molecule has 5 heteroatoms. The molecular formula is C5H8NO4. The Kier molecular flexibility index (Phi) is 3.60. The van der Waals surface area contributed by atoms with Crippen LogP contribution in [-0.2, 0) is 19.1 Å². The molecule has 0 fully saturated rings. The summed E-state index contributed by atoms with van der Waals surface area (Å²) < 4.78 is 8.98. The van der Waals surface area contributed by atoms with E-state index in [1.807, 2.05) is 5.32 Å². The lowest BCUT2D eigenvalue weighted by Crippen LogP contribution is -2.49. The van der Waals surface area contributed by atoms with Crippen molar-refractivity contribution in [3.8, 4) is 0 Å². The first-order valence-electron chi connectivity index (χ1n) is 2.45. The van der Waals surface area contributed by atoms with E-state index >= 15 is 0 Å². The second-order valence-electron chi connectivity index (χ2n) is 1.39. The predicted octanol–water partition coefficient (Wildman–Crippen LogP) is -1.21. The van der Waals surface area contributed by atoms with Crippen LogP contribution in [0, 0.1) is 0 Å². The number of hydrogen-bond acceptors (Lipinski definition) is 4. The summed E-state index contributed by atoms with van der Waals surface area (Å²) >= 11 is 0. The molecule has 0 aliphatic rings. The van der Waals surface area contributed by atoms with Gasteiger partial charge in [-0.2, -0.15) is 0 Å². The zero-order valence-electron chi connectivity index (χ0n) is 5.71. The van der Waals surface area contributed by atoms with Crippen molar-refractivity contribution in [2.45, 2.75) is 5.91 Å². The van der Waals surface area contributed by atoms with E-state index < -0.39 is 5.91 Å². The lowest BCUT2D eigenvalue weighted by molar-refractivity contribution is -0.176. The summed E-state index contributed by atoms with van der Waals surface area (Å²) in [6, 6.07) is 0.